The lowest BCUT2D eigenvalue weighted by Gasteiger charge is -2.37. The van der Waals surface area contributed by atoms with Crippen LogP contribution in [0.5, 0.6) is 0 Å². The number of hydrogen-bond donors (Lipinski definition) is 0. The Morgan fingerprint density at radius 2 is 1.63 bits per heavy atom. The standard InChI is InChI=1S/C10H16O4S.C7H12O4S/c1-9(2)7-3-4-10(9,8(11)5-7)6-15(12,13)14;8-7-4-2-1-3-6(7)5-12(9,10)11/h7H,3-6H2,1-2H3,(H,12,13,14);6H,1-5H2,(H,9,10,11)/p-2. The lowest BCUT2D eigenvalue weighted by Crippen LogP contribution is -2.42. The van der Waals surface area contributed by atoms with Crippen LogP contribution in [0.1, 0.15) is 58.8 Å². The van der Waals surface area contributed by atoms with Crippen molar-refractivity contribution in [3.05, 3.63) is 0 Å². The van der Waals surface area contributed by atoms with Crippen molar-refractivity contribution in [1.29, 1.82) is 0 Å². The van der Waals surface area contributed by atoms with Crippen molar-refractivity contribution < 1.29 is 35.5 Å². The second-order valence-electron chi connectivity index (χ2n) is 8.50. The molecule has 8 nitrogen and oxygen atoms in total. The number of ketones is 2. The predicted octanol–water partition coefficient (Wildman–Crippen LogP) is 1.22. The van der Waals surface area contributed by atoms with Gasteiger partial charge in [0.25, 0.3) is 0 Å². The maximum Gasteiger partial charge on any atom is 0.140 e. The van der Waals surface area contributed by atoms with E-state index < -0.39 is 43.1 Å². The maximum atomic E-state index is 11.8. The first-order valence-electron chi connectivity index (χ1n) is 9.11. The molecule has 0 N–H and O–H groups in total. The fourth-order valence-corrected chi connectivity index (χ4v) is 7.01. The highest BCUT2D eigenvalue weighted by Crippen LogP contribution is 2.64. The molecule has 3 saturated carbocycles. The molecule has 0 aromatic heterocycles. The van der Waals surface area contributed by atoms with Crippen molar-refractivity contribution in [2.75, 3.05) is 11.5 Å². The Morgan fingerprint density at radius 1 is 1.00 bits per heavy atom. The number of Topliss-reactive ketones (excluding diaryl/α,β-unsaturated/α-hetero) is 2. The molecule has 3 fully saturated rings. The summed E-state index contributed by atoms with van der Waals surface area (Å²) in [6.07, 6.45) is 4.54. The molecule has 27 heavy (non-hydrogen) atoms. The van der Waals surface area contributed by atoms with Crippen LogP contribution in [0, 0.1) is 22.7 Å². The van der Waals surface area contributed by atoms with Gasteiger partial charge in [-0.2, -0.15) is 0 Å². The Kier molecular flexibility index (Phi) is 6.26. The van der Waals surface area contributed by atoms with Crippen molar-refractivity contribution in [2.24, 2.45) is 22.7 Å². The van der Waals surface area contributed by atoms with Gasteiger partial charge in [0.1, 0.15) is 11.6 Å². The van der Waals surface area contributed by atoms with Crippen molar-refractivity contribution in [3.63, 3.8) is 0 Å². The topological polar surface area (TPSA) is 149 Å². The quantitative estimate of drug-likeness (QED) is 0.614. The van der Waals surface area contributed by atoms with E-state index in [0.717, 1.165) is 19.3 Å². The lowest BCUT2D eigenvalue weighted by molar-refractivity contribution is -0.128. The summed E-state index contributed by atoms with van der Waals surface area (Å²) in [5, 5.41) is 0. The van der Waals surface area contributed by atoms with Crippen LogP contribution >= 0.6 is 0 Å². The van der Waals surface area contributed by atoms with Gasteiger partial charge in [-0.3, -0.25) is 9.59 Å². The average Bonchev–Trinajstić information content (AvgIpc) is 2.81. The molecule has 0 aromatic rings. The molecule has 3 unspecified atom stereocenters. The van der Waals surface area contributed by atoms with Crippen LogP contribution in [-0.2, 0) is 29.8 Å². The molecule has 0 aromatic carbocycles. The Labute approximate surface area is 160 Å². The van der Waals surface area contributed by atoms with Crippen molar-refractivity contribution in [1.82, 2.24) is 0 Å². The molecule has 0 spiro atoms. The zero-order valence-electron chi connectivity index (χ0n) is 15.6. The second-order valence-corrected chi connectivity index (χ2v) is 11.4. The second kappa shape index (κ2) is 7.53. The van der Waals surface area contributed by atoms with Gasteiger partial charge in [-0.25, -0.2) is 16.8 Å². The Bertz CT molecular complexity index is 812. The summed E-state index contributed by atoms with van der Waals surface area (Å²) < 4.78 is 63.7. The first kappa shape index (κ1) is 22.4. The largest absolute Gasteiger partial charge is 0.748 e. The smallest absolute Gasteiger partial charge is 0.140 e. The van der Waals surface area contributed by atoms with E-state index in [4.69, 9.17) is 0 Å². The zero-order valence-corrected chi connectivity index (χ0v) is 17.2. The number of carbonyl (C=O) groups excluding carboxylic acids is 2. The SMILES string of the molecule is CC1(C)C2CCC1(CS(=O)(=O)[O-])C(=O)C2.O=C1CCCCC1CS(=O)(=O)[O-]. The first-order valence-corrected chi connectivity index (χ1v) is 12.3. The molecule has 0 radical (unpaired) electrons. The minimum Gasteiger partial charge on any atom is -0.748 e. The summed E-state index contributed by atoms with van der Waals surface area (Å²) in [7, 11) is -8.55. The minimum atomic E-state index is -4.33. The van der Waals surface area contributed by atoms with Gasteiger partial charge >= 0.3 is 0 Å². The Hall–Kier alpha value is -0.840. The number of carbonyl (C=O) groups is 2. The van der Waals surface area contributed by atoms with Crippen molar-refractivity contribution in [2.45, 2.75) is 58.8 Å². The van der Waals surface area contributed by atoms with Crippen LogP contribution in [0.4, 0.5) is 0 Å². The molecule has 3 aliphatic rings. The molecule has 10 heteroatoms. The van der Waals surface area contributed by atoms with Crippen LogP contribution in [-0.4, -0.2) is 49.0 Å². The molecule has 0 saturated heterocycles. The van der Waals surface area contributed by atoms with Gasteiger partial charge in [0, 0.05) is 29.9 Å². The molecule has 3 atom stereocenters. The van der Waals surface area contributed by atoms with E-state index in [0.29, 0.717) is 25.7 Å². The molecule has 0 aliphatic heterocycles. The van der Waals surface area contributed by atoms with E-state index in [2.05, 4.69) is 0 Å². The third-order valence-electron chi connectivity index (χ3n) is 6.65. The summed E-state index contributed by atoms with van der Waals surface area (Å²) >= 11 is 0. The average molecular weight is 423 g/mol. The van der Waals surface area contributed by atoms with Gasteiger partial charge in [0.05, 0.1) is 26.0 Å². The molecule has 2 bridgehead atoms. The van der Waals surface area contributed by atoms with E-state index in [9.17, 15) is 35.5 Å². The minimum absolute atomic E-state index is 0.0248. The van der Waals surface area contributed by atoms with Crippen LogP contribution in [0.15, 0.2) is 0 Å². The van der Waals surface area contributed by atoms with E-state index in [1.807, 2.05) is 13.8 Å². The highest BCUT2D eigenvalue weighted by molar-refractivity contribution is 7.86. The lowest BCUT2D eigenvalue weighted by atomic mass is 9.70. The summed E-state index contributed by atoms with van der Waals surface area (Å²) in [6.45, 7) is 3.83. The number of fused-ring (bicyclic) bond motifs is 2. The molecule has 0 amide bonds. The van der Waals surface area contributed by atoms with Gasteiger partial charge in [-0.05, 0) is 37.0 Å². The normalized spacial score (nSPS) is 32.9. The molecular formula is C17H26O8S2-2. The summed E-state index contributed by atoms with van der Waals surface area (Å²) in [5.41, 5.74) is -1.22. The van der Waals surface area contributed by atoms with E-state index >= 15 is 0 Å². The van der Waals surface area contributed by atoms with Crippen molar-refractivity contribution in [3.8, 4) is 0 Å². The molecule has 0 heterocycles. The third kappa shape index (κ3) is 4.96. The molecule has 3 rings (SSSR count). The van der Waals surface area contributed by atoms with Gasteiger partial charge < -0.3 is 9.11 Å². The Morgan fingerprint density at radius 3 is 2.04 bits per heavy atom. The van der Waals surface area contributed by atoms with Gasteiger partial charge in [0.2, 0.25) is 0 Å². The van der Waals surface area contributed by atoms with Crippen LogP contribution < -0.4 is 0 Å². The summed E-state index contributed by atoms with van der Waals surface area (Å²) in [4.78, 5) is 22.9. The summed E-state index contributed by atoms with van der Waals surface area (Å²) in [5.74, 6) is -1.38. The fourth-order valence-electron chi connectivity index (χ4n) is 4.89. The predicted molar refractivity (Wildman–Crippen MR) is 94.7 cm³/mol. The van der Waals surface area contributed by atoms with Crippen LogP contribution in [0.2, 0.25) is 0 Å². The van der Waals surface area contributed by atoms with Crippen LogP contribution in [0.25, 0.3) is 0 Å². The highest BCUT2D eigenvalue weighted by atomic mass is 32.2. The maximum absolute atomic E-state index is 11.8. The molecule has 3 aliphatic carbocycles. The molecular weight excluding hydrogens is 396 g/mol. The number of hydrogen-bond acceptors (Lipinski definition) is 8. The van der Waals surface area contributed by atoms with E-state index in [-0.39, 0.29) is 22.9 Å². The van der Waals surface area contributed by atoms with E-state index in [1.54, 1.807) is 0 Å². The monoisotopic (exact) mass is 422 g/mol. The highest BCUT2D eigenvalue weighted by Gasteiger charge is 2.64. The van der Waals surface area contributed by atoms with Gasteiger partial charge in [0.15, 0.2) is 0 Å². The van der Waals surface area contributed by atoms with Crippen molar-refractivity contribution >= 4 is 31.8 Å². The fraction of sp³-hybridized carbons (Fsp3) is 0.882. The zero-order chi connectivity index (χ0) is 20.7. The molecule has 156 valence electrons. The Balaban J connectivity index is 0.000000199. The van der Waals surface area contributed by atoms with E-state index in [1.165, 1.54) is 0 Å². The van der Waals surface area contributed by atoms with Gasteiger partial charge in [-0.1, -0.05) is 20.3 Å². The number of rotatable bonds is 4. The third-order valence-corrected chi connectivity index (χ3v) is 8.31. The first-order chi connectivity index (χ1) is 12.2. The van der Waals surface area contributed by atoms with Crippen LogP contribution in [0.3, 0.4) is 0 Å². The summed E-state index contributed by atoms with van der Waals surface area (Å²) in [6, 6.07) is 0. The van der Waals surface area contributed by atoms with Gasteiger partial charge in [-0.15, -0.1) is 0 Å².